The summed E-state index contributed by atoms with van der Waals surface area (Å²) in [7, 11) is 0. The zero-order chi connectivity index (χ0) is 30.8. The molecule has 6 aromatic carbocycles. The zero-order valence-electron chi connectivity index (χ0n) is 25.8. The lowest BCUT2D eigenvalue weighted by Crippen LogP contribution is -2.13. The maximum Gasteiger partial charge on any atom is 0.0652 e. The van der Waals surface area contributed by atoms with Crippen LogP contribution in [0.15, 0.2) is 163 Å². The van der Waals surface area contributed by atoms with Crippen molar-refractivity contribution >= 4 is 46.8 Å². The van der Waals surface area contributed by atoms with E-state index >= 15 is 0 Å². The van der Waals surface area contributed by atoms with E-state index in [9.17, 15) is 0 Å². The zero-order valence-corrected chi connectivity index (χ0v) is 25.8. The smallest absolute Gasteiger partial charge is 0.0652 e. The number of hydrogen-bond donors (Lipinski definition) is 0. The minimum absolute atomic E-state index is 0.976. The molecule has 0 amide bonds. The summed E-state index contributed by atoms with van der Waals surface area (Å²) in [6.45, 7) is 4.42. The minimum atomic E-state index is 0.976. The van der Waals surface area contributed by atoms with Crippen molar-refractivity contribution in [3.63, 3.8) is 0 Å². The largest absolute Gasteiger partial charge is 0.310 e. The lowest BCUT2D eigenvalue weighted by molar-refractivity contribution is 1.09. The number of nitrogens with zero attached hydrogens (tertiary/aromatic N) is 3. The summed E-state index contributed by atoms with van der Waals surface area (Å²) in [5.74, 6) is 0. The van der Waals surface area contributed by atoms with Crippen LogP contribution in [0.25, 0.3) is 12.2 Å². The monoisotopic (exact) mass is 583 g/mol. The Labute approximate surface area is 267 Å². The summed E-state index contributed by atoms with van der Waals surface area (Å²) in [5, 5.41) is 6.78. The predicted octanol–water partition coefficient (Wildman–Crippen LogP) is 11.4. The summed E-state index contributed by atoms with van der Waals surface area (Å²) in [6, 6.07) is 54.9. The van der Waals surface area contributed by atoms with E-state index in [0.29, 0.717) is 0 Å². The number of rotatable bonds is 10. The van der Waals surface area contributed by atoms with E-state index in [1.807, 2.05) is 47.6 Å². The van der Waals surface area contributed by atoms with Gasteiger partial charge in [0.2, 0.25) is 0 Å². The van der Waals surface area contributed by atoms with Gasteiger partial charge in [-0.1, -0.05) is 128 Å². The molecule has 0 spiro atoms. The summed E-state index contributed by atoms with van der Waals surface area (Å²) >= 11 is 0. The Bertz CT molecular complexity index is 1820. The van der Waals surface area contributed by atoms with Crippen molar-refractivity contribution in [2.45, 2.75) is 20.3 Å². The van der Waals surface area contributed by atoms with E-state index < -0.39 is 0 Å². The van der Waals surface area contributed by atoms with E-state index in [-0.39, 0.29) is 0 Å². The van der Waals surface area contributed by atoms with Gasteiger partial charge in [0.1, 0.15) is 0 Å². The highest BCUT2D eigenvalue weighted by Crippen LogP contribution is 2.39. The second kappa shape index (κ2) is 14.2. The molecule has 0 saturated heterocycles. The van der Waals surface area contributed by atoms with Crippen molar-refractivity contribution < 1.29 is 0 Å². The number of aryl methyl sites for hydroxylation is 2. The topological polar surface area (TPSA) is 18.8 Å². The van der Waals surface area contributed by atoms with E-state index in [1.54, 1.807) is 0 Å². The highest BCUT2D eigenvalue weighted by atomic mass is 15.5. The molecule has 6 aromatic rings. The van der Waals surface area contributed by atoms with Crippen molar-refractivity contribution in [2.24, 2.45) is 5.10 Å². The number of hydrogen-bond acceptors (Lipinski definition) is 3. The van der Waals surface area contributed by atoms with Gasteiger partial charge in [-0.2, -0.15) is 5.10 Å². The third kappa shape index (κ3) is 7.11. The van der Waals surface area contributed by atoms with E-state index in [4.69, 9.17) is 5.10 Å². The summed E-state index contributed by atoms with van der Waals surface area (Å²) in [6.07, 6.45) is 7.20. The maximum absolute atomic E-state index is 4.83. The molecule has 0 aromatic heterocycles. The van der Waals surface area contributed by atoms with Crippen LogP contribution in [0.2, 0.25) is 0 Å². The van der Waals surface area contributed by atoms with Crippen LogP contribution in [-0.4, -0.2) is 6.21 Å². The normalized spacial score (nSPS) is 11.2. The molecule has 3 heteroatoms. The maximum atomic E-state index is 4.83. The second-order valence-electron chi connectivity index (χ2n) is 10.9. The Morgan fingerprint density at radius 2 is 0.956 bits per heavy atom. The van der Waals surface area contributed by atoms with Crippen molar-refractivity contribution in [1.82, 2.24) is 0 Å². The lowest BCUT2D eigenvalue weighted by Gasteiger charge is -2.29. The SMILES string of the molecule is CCc1cccc(C)c1N(c1ccccc1)c1ccc(C=Cc2ccc(C=NN(c3ccccc3)c3ccccc3)cc2)cc1. The molecular formula is C42H37N3. The highest BCUT2D eigenvalue weighted by Gasteiger charge is 2.17. The van der Waals surface area contributed by atoms with Gasteiger partial charge in [0.15, 0.2) is 0 Å². The molecule has 0 N–H and O–H groups in total. The van der Waals surface area contributed by atoms with Crippen LogP contribution >= 0.6 is 0 Å². The number of anilines is 5. The Morgan fingerprint density at radius 3 is 1.49 bits per heavy atom. The van der Waals surface area contributed by atoms with Crippen molar-refractivity contribution in [2.75, 3.05) is 9.91 Å². The molecule has 0 aliphatic rings. The fraction of sp³-hybridized carbons (Fsp3) is 0.0714. The molecule has 0 aliphatic carbocycles. The van der Waals surface area contributed by atoms with E-state index in [0.717, 1.165) is 45.9 Å². The summed E-state index contributed by atoms with van der Waals surface area (Å²) < 4.78 is 0. The molecular weight excluding hydrogens is 546 g/mol. The molecule has 0 aliphatic heterocycles. The van der Waals surface area contributed by atoms with Gasteiger partial charge in [-0.25, -0.2) is 5.01 Å². The molecule has 0 radical (unpaired) electrons. The molecule has 220 valence electrons. The van der Waals surface area contributed by atoms with Crippen LogP contribution in [0.3, 0.4) is 0 Å². The van der Waals surface area contributed by atoms with E-state index in [2.05, 4.69) is 152 Å². The fourth-order valence-corrected chi connectivity index (χ4v) is 5.47. The molecule has 45 heavy (non-hydrogen) atoms. The van der Waals surface area contributed by atoms with Gasteiger partial charge in [-0.3, -0.25) is 0 Å². The number of para-hydroxylation sites is 4. The van der Waals surface area contributed by atoms with Gasteiger partial charge in [0.25, 0.3) is 0 Å². The Hall–Kier alpha value is -5.67. The third-order valence-corrected chi connectivity index (χ3v) is 7.82. The van der Waals surface area contributed by atoms with Gasteiger partial charge < -0.3 is 4.90 Å². The van der Waals surface area contributed by atoms with Crippen LogP contribution in [0.5, 0.6) is 0 Å². The predicted molar refractivity (Wildman–Crippen MR) is 193 cm³/mol. The molecule has 0 atom stereocenters. The average molecular weight is 584 g/mol. The Balaban J connectivity index is 1.19. The van der Waals surface area contributed by atoms with E-state index in [1.165, 1.54) is 16.8 Å². The molecule has 3 nitrogen and oxygen atoms in total. The van der Waals surface area contributed by atoms with Crippen molar-refractivity contribution in [3.8, 4) is 0 Å². The van der Waals surface area contributed by atoms with Crippen LogP contribution < -0.4 is 9.91 Å². The van der Waals surface area contributed by atoms with Gasteiger partial charge in [-0.15, -0.1) is 0 Å². The first-order valence-corrected chi connectivity index (χ1v) is 15.5. The van der Waals surface area contributed by atoms with Gasteiger partial charge >= 0.3 is 0 Å². The van der Waals surface area contributed by atoms with Crippen LogP contribution in [-0.2, 0) is 6.42 Å². The highest BCUT2D eigenvalue weighted by molar-refractivity contribution is 5.83. The number of benzene rings is 6. The van der Waals surface area contributed by atoms with Crippen molar-refractivity contribution in [3.05, 3.63) is 186 Å². The molecule has 6 rings (SSSR count). The second-order valence-corrected chi connectivity index (χ2v) is 10.9. The molecule has 0 heterocycles. The van der Waals surface area contributed by atoms with Crippen LogP contribution in [0.4, 0.5) is 28.4 Å². The molecule has 0 unspecified atom stereocenters. The first-order valence-electron chi connectivity index (χ1n) is 15.5. The first-order chi connectivity index (χ1) is 22.2. The van der Waals surface area contributed by atoms with Crippen molar-refractivity contribution in [1.29, 1.82) is 0 Å². The number of hydrazone groups is 1. The molecule has 0 fully saturated rings. The quantitative estimate of drug-likeness (QED) is 0.0907. The molecule has 0 bridgehead atoms. The lowest BCUT2D eigenvalue weighted by atomic mass is 10.0. The third-order valence-electron chi connectivity index (χ3n) is 7.82. The summed E-state index contributed by atoms with van der Waals surface area (Å²) in [4.78, 5) is 2.37. The minimum Gasteiger partial charge on any atom is -0.310 e. The summed E-state index contributed by atoms with van der Waals surface area (Å²) in [5.41, 5.74) is 11.5. The van der Waals surface area contributed by atoms with Crippen LogP contribution in [0, 0.1) is 6.92 Å². The Kier molecular flexibility index (Phi) is 9.28. The molecule has 0 saturated carbocycles. The van der Waals surface area contributed by atoms with Crippen LogP contribution in [0.1, 0.15) is 34.7 Å². The first kappa shape index (κ1) is 29.4. The van der Waals surface area contributed by atoms with Gasteiger partial charge in [-0.05, 0) is 89.7 Å². The fourth-order valence-electron chi connectivity index (χ4n) is 5.47. The Morgan fingerprint density at radius 1 is 0.489 bits per heavy atom. The van der Waals surface area contributed by atoms with Gasteiger partial charge in [0.05, 0.1) is 23.3 Å². The standard InChI is InChI=1S/C42H37N3/c1-3-37-15-13-14-33(2)42(37)44(38-16-7-4-8-17-38)39-30-28-35(29-31-39)23-22-34-24-26-36(27-25-34)32-43-45(40-18-9-5-10-19-40)41-20-11-6-12-21-41/h4-32H,3H2,1-2H3. The average Bonchev–Trinajstić information content (AvgIpc) is 3.11. The van der Waals surface area contributed by atoms with Gasteiger partial charge in [0, 0.05) is 11.4 Å².